The van der Waals surface area contributed by atoms with Gasteiger partial charge in [0.15, 0.2) is 0 Å². The van der Waals surface area contributed by atoms with Gasteiger partial charge in [-0.25, -0.2) is 0 Å². The first-order chi connectivity index (χ1) is 9.15. The maximum absolute atomic E-state index is 12.2. The summed E-state index contributed by atoms with van der Waals surface area (Å²) >= 11 is 0. The van der Waals surface area contributed by atoms with Gasteiger partial charge in [-0.05, 0) is 37.5 Å². The molecule has 1 saturated heterocycles. The summed E-state index contributed by atoms with van der Waals surface area (Å²) in [5.74, 6) is -0.0565. The number of benzene rings is 1. The van der Waals surface area contributed by atoms with Crippen LogP contribution in [0.5, 0.6) is 5.75 Å². The third-order valence-electron chi connectivity index (χ3n) is 3.52. The molecular formula is C14H16N2O3. The number of hydrogen-bond acceptors (Lipinski definition) is 3. The number of likely N-dealkylation sites (tertiary alicyclic amines) is 1. The molecule has 100 valence electrons. The van der Waals surface area contributed by atoms with Gasteiger partial charge in [0.25, 0.3) is 17.9 Å². The summed E-state index contributed by atoms with van der Waals surface area (Å²) in [5, 5.41) is 2.74. The summed E-state index contributed by atoms with van der Waals surface area (Å²) in [4.78, 5) is 25.9. The van der Waals surface area contributed by atoms with Crippen LogP contribution >= 0.6 is 0 Å². The third kappa shape index (κ3) is 2.16. The van der Waals surface area contributed by atoms with Crippen LogP contribution in [0.1, 0.15) is 18.4 Å². The van der Waals surface area contributed by atoms with Crippen molar-refractivity contribution in [2.75, 3.05) is 18.4 Å². The Bertz CT molecular complexity index is 535. The number of carbonyl (C=O) groups is 2. The number of hydrogen-bond donors (Lipinski definition) is 1. The number of aryl methyl sites for hydroxylation is 1. The molecule has 5 heteroatoms. The smallest absolute Gasteiger partial charge is 0.275 e. The molecule has 2 amide bonds. The Hall–Kier alpha value is -2.04. The third-order valence-corrected chi connectivity index (χ3v) is 3.52. The summed E-state index contributed by atoms with van der Waals surface area (Å²) in [6, 6.07) is 5.52. The molecule has 1 unspecified atom stereocenters. The Morgan fingerprint density at radius 1 is 1.37 bits per heavy atom. The van der Waals surface area contributed by atoms with E-state index in [9.17, 15) is 9.59 Å². The van der Waals surface area contributed by atoms with Gasteiger partial charge in [0.1, 0.15) is 5.75 Å². The Morgan fingerprint density at radius 2 is 2.11 bits per heavy atom. The number of amides is 2. The number of ether oxygens (including phenoxy) is 1. The van der Waals surface area contributed by atoms with Gasteiger partial charge in [-0.1, -0.05) is 6.07 Å². The zero-order chi connectivity index (χ0) is 13.4. The number of fused-ring (bicyclic) bond motifs is 1. The molecule has 5 nitrogen and oxygen atoms in total. The molecule has 0 spiro atoms. The fraction of sp³-hybridized carbons (Fsp3) is 0.429. The highest BCUT2D eigenvalue weighted by Crippen LogP contribution is 2.31. The minimum absolute atomic E-state index is 0.235. The van der Waals surface area contributed by atoms with Crippen LogP contribution < -0.4 is 10.1 Å². The Kier molecular flexibility index (Phi) is 2.89. The number of anilines is 1. The van der Waals surface area contributed by atoms with Crippen molar-refractivity contribution in [1.82, 2.24) is 4.90 Å². The summed E-state index contributed by atoms with van der Waals surface area (Å²) < 4.78 is 5.57. The van der Waals surface area contributed by atoms with Gasteiger partial charge in [0.2, 0.25) is 0 Å². The molecule has 2 aliphatic rings. The number of nitrogens with one attached hydrogen (secondary N) is 1. The molecule has 1 N–H and O–H groups in total. The largest absolute Gasteiger partial charge is 0.468 e. The fourth-order valence-corrected chi connectivity index (χ4v) is 2.49. The lowest BCUT2D eigenvalue weighted by Gasteiger charge is -2.28. The molecular weight excluding hydrogens is 244 g/mol. The molecule has 0 saturated carbocycles. The zero-order valence-corrected chi connectivity index (χ0v) is 10.8. The van der Waals surface area contributed by atoms with Gasteiger partial charge in [-0.3, -0.25) is 9.59 Å². The van der Waals surface area contributed by atoms with E-state index < -0.39 is 6.10 Å². The van der Waals surface area contributed by atoms with E-state index in [1.54, 1.807) is 11.0 Å². The summed E-state index contributed by atoms with van der Waals surface area (Å²) in [5.41, 5.74) is 1.67. The van der Waals surface area contributed by atoms with E-state index >= 15 is 0 Å². The zero-order valence-electron chi connectivity index (χ0n) is 10.8. The maximum atomic E-state index is 12.2. The first-order valence-corrected chi connectivity index (χ1v) is 6.52. The molecule has 1 atom stereocenters. The van der Waals surface area contributed by atoms with E-state index in [4.69, 9.17) is 4.74 Å². The molecule has 3 rings (SSSR count). The molecule has 1 aromatic rings. The van der Waals surface area contributed by atoms with Crippen molar-refractivity contribution in [3.05, 3.63) is 23.8 Å². The highest BCUT2D eigenvalue weighted by molar-refractivity contribution is 6.11. The monoisotopic (exact) mass is 260 g/mol. The lowest BCUT2D eigenvalue weighted by Crippen LogP contribution is -2.49. The van der Waals surface area contributed by atoms with Crippen molar-refractivity contribution in [1.29, 1.82) is 0 Å². The Morgan fingerprint density at radius 3 is 2.84 bits per heavy atom. The second-order valence-corrected chi connectivity index (χ2v) is 5.02. The van der Waals surface area contributed by atoms with E-state index in [2.05, 4.69) is 5.32 Å². The standard InChI is InChI=1S/C14H16N2O3/c1-9-4-5-11-10(8-9)15-13(17)12(19-11)14(18)16-6-2-3-7-16/h4-5,8,12H,2-3,6-7H2,1H3,(H,15,17). The lowest BCUT2D eigenvalue weighted by atomic mass is 10.1. The van der Waals surface area contributed by atoms with Crippen molar-refractivity contribution >= 4 is 17.5 Å². The van der Waals surface area contributed by atoms with E-state index in [1.165, 1.54) is 0 Å². The van der Waals surface area contributed by atoms with Crippen molar-refractivity contribution in [2.24, 2.45) is 0 Å². The number of nitrogens with zero attached hydrogens (tertiary/aromatic N) is 1. The topological polar surface area (TPSA) is 58.6 Å². The van der Waals surface area contributed by atoms with Crippen molar-refractivity contribution in [2.45, 2.75) is 25.9 Å². The summed E-state index contributed by atoms with van der Waals surface area (Å²) in [6.07, 6.45) is 0.944. The fourth-order valence-electron chi connectivity index (χ4n) is 2.49. The van der Waals surface area contributed by atoms with Crippen LogP contribution in [0.25, 0.3) is 0 Å². The molecule has 0 aromatic heterocycles. The number of rotatable bonds is 1. The van der Waals surface area contributed by atoms with Gasteiger partial charge >= 0.3 is 0 Å². The molecule has 19 heavy (non-hydrogen) atoms. The quantitative estimate of drug-likeness (QED) is 0.775. The highest BCUT2D eigenvalue weighted by atomic mass is 16.5. The van der Waals surface area contributed by atoms with Crippen molar-refractivity contribution < 1.29 is 14.3 Å². The average molecular weight is 260 g/mol. The Balaban J connectivity index is 1.83. The van der Waals surface area contributed by atoms with Gasteiger partial charge in [-0.15, -0.1) is 0 Å². The predicted octanol–water partition coefficient (Wildman–Crippen LogP) is 1.32. The highest BCUT2D eigenvalue weighted by Gasteiger charge is 2.37. The first-order valence-electron chi connectivity index (χ1n) is 6.52. The minimum Gasteiger partial charge on any atom is -0.468 e. The van der Waals surface area contributed by atoms with Gasteiger partial charge in [0, 0.05) is 13.1 Å². The van der Waals surface area contributed by atoms with E-state index in [0.717, 1.165) is 18.4 Å². The van der Waals surface area contributed by atoms with Crippen LogP contribution in [-0.2, 0) is 9.59 Å². The minimum atomic E-state index is -1.05. The SMILES string of the molecule is Cc1ccc2c(c1)NC(=O)C(C(=O)N1CCCC1)O2. The summed E-state index contributed by atoms with van der Waals surface area (Å²) in [7, 11) is 0. The predicted molar refractivity (Wildman–Crippen MR) is 70.0 cm³/mol. The first kappa shape index (κ1) is 12.0. The average Bonchev–Trinajstić information content (AvgIpc) is 2.91. The number of carbonyl (C=O) groups excluding carboxylic acids is 2. The van der Waals surface area contributed by atoms with E-state index in [-0.39, 0.29) is 11.8 Å². The maximum Gasteiger partial charge on any atom is 0.275 e. The van der Waals surface area contributed by atoms with Crippen LogP contribution in [-0.4, -0.2) is 35.9 Å². The van der Waals surface area contributed by atoms with Crippen LogP contribution in [0.2, 0.25) is 0 Å². The van der Waals surface area contributed by atoms with Crippen molar-refractivity contribution in [3.63, 3.8) is 0 Å². The summed E-state index contributed by atoms with van der Waals surface area (Å²) in [6.45, 7) is 3.37. The second kappa shape index (κ2) is 4.57. The molecule has 1 fully saturated rings. The normalized spacial score (nSPS) is 21.6. The molecule has 2 heterocycles. The molecule has 0 aliphatic carbocycles. The molecule has 1 aromatic carbocycles. The van der Waals surface area contributed by atoms with Gasteiger partial charge in [0.05, 0.1) is 5.69 Å². The van der Waals surface area contributed by atoms with Gasteiger partial charge < -0.3 is 15.0 Å². The molecule has 2 aliphatic heterocycles. The van der Waals surface area contributed by atoms with Gasteiger partial charge in [-0.2, -0.15) is 0 Å². The van der Waals surface area contributed by atoms with E-state index in [1.807, 2.05) is 19.1 Å². The van der Waals surface area contributed by atoms with E-state index in [0.29, 0.717) is 24.5 Å². The molecule has 0 bridgehead atoms. The van der Waals surface area contributed by atoms with Crippen molar-refractivity contribution in [3.8, 4) is 5.75 Å². The molecule has 0 radical (unpaired) electrons. The van der Waals surface area contributed by atoms with Crippen LogP contribution in [0.4, 0.5) is 5.69 Å². The second-order valence-electron chi connectivity index (χ2n) is 5.02. The van der Waals surface area contributed by atoms with Crippen LogP contribution in [0, 0.1) is 6.92 Å². The lowest BCUT2D eigenvalue weighted by molar-refractivity contribution is -0.143. The van der Waals surface area contributed by atoms with Crippen LogP contribution in [0.3, 0.4) is 0 Å². The Labute approximate surface area is 111 Å². The van der Waals surface area contributed by atoms with Crippen LogP contribution in [0.15, 0.2) is 18.2 Å².